The van der Waals surface area contributed by atoms with Crippen molar-refractivity contribution in [2.45, 2.75) is 51.7 Å². The van der Waals surface area contributed by atoms with Crippen LogP contribution in [0, 0.1) is 0 Å². The van der Waals surface area contributed by atoms with Gasteiger partial charge in [0.25, 0.3) is 0 Å². The van der Waals surface area contributed by atoms with Crippen LogP contribution < -0.4 is 10.2 Å². The lowest BCUT2D eigenvalue weighted by atomic mass is 10.1. The predicted molar refractivity (Wildman–Crippen MR) is 85.8 cm³/mol. The lowest BCUT2D eigenvalue weighted by Crippen LogP contribution is -2.38. The minimum Gasteiger partial charge on any atom is -0.443 e. The number of carbonyl (C=O) groups excluding carboxylic acids is 1. The standard InChI is InChI=1S/C17H26N2O2/c1-17(2,3)21-16(20)19(15-9-10-15)14-7-5-13(6-8-14)11-12-18-4/h5-8,15,18H,9-12H2,1-4H3. The molecule has 0 heterocycles. The summed E-state index contributed by atoms with van der Waals surface area (Å²) in [6.45, 7) is 6.65. The summed E-state index contributed by atoms with van der Waals surface area (Å²) in [6.07, 6.45) is 2.86. The summed E-state index contributed by atoms with van der Waals surface area (Å²) in [5.74, 6) is 0. The molecule has 1 aromatic carbocycles. The first-order valence-electron chi connectivity index (χ1n) is 7.66. The van der Waals surface area contributed by atoms with Crippen molar-refractivity contribution in [3.05, 3.63) is 29.8 Å². The SMILES string of the molecule is CNCCc1ccc(N(C(=O)OC(C)(C)C)C2CC2)cc1. The van der Waals surface area contributed by atoms with Crippen LogP contribution in [0.4, 0.5) is 10.5 Å². The van der Waals surface area contributed by atoms with E-state index in [0.717, 1.165) is 31.5 Å². The predicted octanol–water partition coefficient (Wildman–Crippen LogP) is 3.35. The van der Waals surface area contributed by atoms with E-state index in [1.165, 1.54) is 5.56 Å². The number of carbonyl (C=O) groups is 1. The highest BCUT2D eigenvalue weighted by Crippen LogP contribution is 2.33. The minimum absolute atomic E-state index is 0.243. The van der Waals surface area contributed by atoms with E-state index < -0.39 is 5.60 Å². The number of rotatable bonds is 5. The Morgan fingerprint density at radius 3 is 2.38 bits per heavy atom. The molecular weight excluding hydrogens is 264 g/mol. The summed E-state index contributed by atoms with van der Waals surface area (Å²) in [5.41, 5.74) is 1.74. The Morgan fingerprint density at radius 1 is 1.29 bits per heavy atom. The summed E-state index contributed by atoms with van der Waals surface area (Å²) < 4.78 is 5.53. The van der Waals surface area contributed by atoms with Gasteiger partial charge in [-0.2, -0.15) is 0 Å². The fourth-order valence-electron chi connectivity index (χ4n) is 2.20. The maximum absolute atomic E-state index is 12.4. The van der Waals surface area contributed by atoms with Gasteiger partial charge in [0.15, 0.2) is 0 Å². The van der Waals surface area contributed by atoms with Crippen molar-refractivity contribution in [3.8, 4) is 0 Å². The molecular formula is C17H26N2O2. The van der Waals surface area contributed by atoms with E-state index in [0.29, 0.717) is 6.04 Å². The van der Waals surface area contributed by atoms with Crippen LogP contribution >= 0.6 is 0 Å². The monoisotopic (exact) mass is 290 g/mol. The van der Waals surface area contributed by atoms with Crippen molar-refractivity contribution in [1.82, 2.24) is 5.32 Å². The van der Waals surface area contributed by atoms with Gasteiger partial charge < -0.3 is 10.1 Å². The van der Waals surface area contributed by atoms with Gasteiger partial charge in [-0.1, -0.05) is 12.1 Å². The lowest BCUT2D eigenvalue weighted by molar-refractivity contribution is 0.0578. The zero-order valence-corrected chi connectivity index (χ0v) is 13.5. The molecule has 0 aromatic heterocycles. The van der Waals surface area contributed by atoms with Gasteiger partial charge in [-0.3, -0.25) is 4.90 Å². The molecule has 0 spiro atoms. The summed E-state index contributed by atoms with van der Waals surface area (Å²) in [4.78, 5) is 14.2. The fraction of sp³-hybridized carbons (Fsp3) is 0.588. The first-order valence-corrected chi connectivity index (χ1v) is 7.66. The average Bonchev–Trinajstić information content (AvgIpc) is 3.20. The molecule has 116 valence electrons. The van der Waals surface area contributed by atoms with E-state index in [9.17, 15) is 4.79 Å². The number of hydrogen-bond donors (Lipinski definition) is 1. The highest BCUT2D eigenvalue weighted by molar-refractivity contribution is 5.89. The third-order valence-electron chi connectivity index (χ3n) is 3.38. The molecule has 1 aromatic rings. The molecule has 1 N–H and O–H groups in total. The van der Waals surface area contributed by atoms with Crippen LogP contribution in [-0.4, -0.2) is 31.3 Å². The Hall–Kier alpha value is -1.55. The molecule has 1 aliphatic carbocycles. The van der Waals surface area contributed by atoms with Crippen molar-refractivity contribution in [2.24, 2.45) is 0 Å². The number of benzene rings is 1. The zero-order chi connectivity index (χ0) is 15.5. The Balaban J connectivity index is 2.09. The van der Waals surface area contributed by atoms with Crippen LogP contribution in [0.15, 0.2) is 24.3 Å². The number of ether oxygens (including phenoxy) is 1. The Kier molecular flexibility index (Phi) is 4.88. The molecule has 0 saturated heterocycles. The van der Waals surface area contributed by atoms with Gasteiger partial charge in [0.05, 0.1) is 0 Å². The van der Waals surface area contributed by atoms with E-state index in [1.807, 2.05) is 40.0 Å². The summed E-state index contributed by atoms with van der Waals surface area (Å²) in [7, 11) is 1.95. The van der Waals surface area contributed by atoms with Crippen LogP contribution in [0.25, 0.3) is 0 Å². The van der Waals surface area contributed by atoms with Crippen molar-refractivity contribution in [3.63, 3.8) is 0 Å². The van der Waals surface area contributed by atoms with E-state index in [1.54, 1.807) is 4.90 Å². The molecule has 1 aliphatic rings. The molecule has 21 heavy (non-hydrogen) atoms. The maximum atomic E-state index is 12.4. The third-order valence-corrected chi connectivity index (χ3v) is 3.38. The number of amides is 1. The molecule has 2 rings (SSSR count). The molecule has 0 radical (unpaired) electrons. The van der Waals surface area contributed by atoms with Crippen molar-refractivity contribution in [2.75, 3.05) is 18.5 Å². The lowest BCUT2D eigenvalue weighted by Gasteiger charge is -2.27. The zero-order valence-electron chi connectivity index (χ0n) is 13.5. The van der Waals surface area contributed by atoms with E-state index in [2.05, 4.69) is 17.4 Å². The van der Waals surface area contributed by atoms with Crippen LogP contribution in [0.5, 0.6) is 0 Å². The van der Waals surface area contributed by atoms with Crippen molar-refractivity contribution >= 4 is 11.8 Å². The van der Waals surface area contributed by atoms with Gasteiger partial charge in [-0.25, -0.2) is 4.79 Å². The molecule has 0 bridgehead atoms. The van der Waals surface area contributed by atoms with Gasteiger partial charge in [-0.05, 0) is 71.3 Å². The molecule has 0 aliphatic heterocycles. The second-order valence-electron chi connectivity index (χ2n) is 6.60. The second-order valence-corrected chi connectivity index (χ2v) is 6.60. The third kappa shape index (κ3) is 4.74. The second kappa shape index (κ2) is 6.48. The first-order chi connectivity index (χ1) is 9.90. The van der Waals surface area contributed by atoms with Gasteiger partial charge >= 0.3 is 6.09 Å². The highest BCUT2D eigenvalue weighted by Gasteiger charge is 2.36. The Morgan fingerprint density at radius 2 is 1.90 bits per heavy atom. The quantitative estimate of drug-likeness (QED) is 0.904. The van der Waals surface area contributed by atoms with E-state index in [-0.39, 0.29) is 6.09 Å². The van der Waals surface area contributed by atoms with Crippen LogP contribution in [0.2, 0.25) is 0 Å². The molecule has 0 unspecified atom stereocenters. The highest BCUT2D eigenvalue weighted by atomic mass is 16.6. The molecule has 1 amide bonds. The number of nitrogens with one attached hydrogen (secondary N) is 1. The first kappa shape index (κ1) is 15.8. The normalized spacial score (nSPS) is 14.9. The summed E-state index contributed by atoms with van der Waals surface area (Å²) in [6, 6.07) is 8.52. The van der Waals surface area contributed by atoms with Crippen molar-refractivity contribution in [1.29, 1.82) is 0 Å². The fourth-order valence-corrected chi connectivity index (χ4v) is 2.20. The molecule has 4 heteroatoms. The molecule has 1 fully saturated rings. The van der Waals surface area contributed by atoms with Gasteiger partial charge in [0.2, 0.25) is 0 Å². The average molecular weight is 290 g/mol. The van der Waals surface area contributed by atoms with E-state index >= 15 is 0 Å². The van der Waals surface area contributed by atoms with Crippen molar-refractivity contribution < 1.29 is 9.53 Å². The van der Waals surface area contributed by atoms with Crippen LogP contribution in [0.1, 0.15) is 39.2 Å². The number of nitrogens with zero attached hydrogens (tertiary/aromatic N) is 1. The van der Waals surface area contributed by atoms with Crippen LogP contribution in [-0.2, 0) is 11.2 Å². The smallest absolute Gasteiger partial charge is 0.415 e. The minimum atomic E-state index is -0.461. The molecule has 4 nitrogen and oxygen atoms in total. The Bertz CT molecular complexity index is 473. The number of anilines is 1. The number of likely N-dealkylation sites (N-methyl/N-ethyl adjacent to an activating group) is 1. The maximum Gasteiger partial charge on any atom is 0.415 e. The summed E-state index contributed by atoms with van der Waals surface area (Å²) >= 11 is 0. The molecule has 0 atom stereocenters. The number of hydrogen-bond acceptors (Lipinski definition) is 3. The van der Waals surface area contributed by atoms with Gasteiger partial charge in [0.1, 0.15) is 5.60 Å². The summed E-state index contributed by atoms with van der Waals surface area (Å²) in [5, 5.41) is 3.14. The topological polar surface area (TPSA) is 41.6 Å². The van der Waals surface area contributed by atoms with Gasteiger partial charge in [-0.15, -0.1) is 0 Å². The van der Waals surface area contributed by atoms with Crippen LogP contribution in [0.3, 0.4) is 0 Å². The van der Waals surface area contributed by atoms with Gasteiger partial charge in [0, 0.05) is 11.7 Å². The Labute approximate surface area is 127 Å². The molecule has 1 saturated carbocycles. The van der Waals surface area contributed by atoms with E-state index in [4.69, 9.17) is 4.74 Å². The largest absolute Gasteiger partial charge is 0.443 e.